The molecular weight excluding hydrogens is 325 g/mol. The minimum absolute atomic E-state index is 0.00671. The van der Waals surface area contributed by atoms with Crippen molar-refractivity contribution in [2.24, 2.45) is 5.10 Å². The van der Waals surface area contributed by atoms with Crippen molar-refractivity contribution < 1.29 is 27.8 Å². The van der Waals surface area contributed by atoms with Gasteiger partial charge in [-0.3, -0.25) is 4.79 Å². The van der Waals surface area contributed by atoms with Gasteiger partial charge in [0.1, 0.15) is 11.5 Å². The van der Waals surface area contributed by atoms with Gasteiger partial charge in [-0.05, 0) is 43.3 Å². The Labute approximate surface area is 135 Å². The van der Waals surface area contributed by atoms with Gasteiger partial charge in [0, 0.05) is 11.1 Å². The number of carbonyl (C=O) groups is 1. The molecule has 0 spiro atoms. The molecular formula is C16H13F3N2O3. The first kappa shape index (κ1) is 17.3. The Morgan fingerprint density at radius 1 is 1.21 bits per heavy atom. The summed E-state index contributed by atoms with van der Waals surface area (Å²) in [6.45, 7) is 1.83. The molecule has 0 aliphatic rings. The van der Waals surface area contributed by atoms with Crippen LogP contribution in [0.25, 0.3) is 0 Å². The summed E-state index contributed by atoms with van der Waals surface area (Å²) in [5.74, 6) is -1.03. The van der Waals surface area contributed by atoms with Gasteiger partial charge in [-0.1, -0.05) is 11.6 Å². The molecule has 126 valence electrons. The summed E-state index contributed by atoms with van der Waals surface area (Å²) in [5, 5.41) is 13.3. The molecule has 0 fully saturated rings. The zero-order valence-electron chi connectivity index (χ0n) is 12.5. The lowest BCUT2D eigenvalue weighted by atomic mass is 10.1. The number of nitrogens with one attached hydrogen (secondary N) is 1. The highest BCUT2D eigenvalue weighted by molar-refractivity contribution is 5.95. The minimum atomic E-state index is -4.79. The van der Waals surface area contributed by atoms with E-state index in [1.165, 1.54) is 24.4 Å². The molecule has 2 N–H and O–H groups in total. The number of phenolic OH excluding ortho intramolecular Hbond substituents is 1. The third kappa shape index (κ3) is 5.01. The van der Waals surface area contributed by atoms with E-state index in [0.29, 0.717) is 5.56 Å². The molecule has 2 aromatic rings. The summed E-state index contributed by atoms with van der Waals surface area (Å²) in [6, 6.07) is 9.30. The molecule has 0 saturated heterocycles. The van der Waals surface area contributed by atoms with Gasteiger partial charge in [-0.2, -0.15) is 5.10 Å². The van der Waals surface area contributed by atoms with Crippen LogP contribution in [0.1, 0.15) is 21.5 Å². The van der Waals surface area contributed by atoms with Crippen molar-refractivity contribution >= 4 is 12.1 Å². The summed E-state index contributed by atoms with van der Waals surface area (Å²) in [5.41, 5.74) is 3.65. The normalized spacial score (nSPS) is 11.5. The topological polar surface area (TPSA) is 70.9 Å². The maximum absolute atomic E-state index is 12.0. The summed E-state index contributed by atoms with van der Waals surface area (Å²) in [7, 11) is 0. The number of rotatable bonds is 4. The first-order chi connectivity index (χ1) is 11.2. The Hall–Kier alpha value is -3.03. The smallest absolute Gasteiger partial charge is 0.507 e. The lowest BCUT2D eigenvalue weighted by Crippen LogP contribution is -2.19. The highest BCUT2D eigenvalue weighted by Gasteiger charge is 2.31. The van der Waals surface area contributed by atoms with Crippen molar-refractivity contribution in [3.8, 4) is 11.5 Å². The number of benzene rings is 2. The number of hydrogen-bond acceptors (Lipinski definition) is 4. The van der Waals surface area contributed by atoms with Crippen LogP contribution in [-0.2, 0) is 0 Å². The average molecular weight is 338 g/mol. The molecule has 0 saturated carbocycles. The van der Waals surface area contributed by atoms with E-state index in [1.54, 1.807) is 12.1 Å². The predicted octanol–water partition coefficient (Wildman–Crippen LogP) is 3.36. The molecule has 0 heterocycles. The summed E-state index contributed by atoms with van der Waals surface area (Å²) < 4.78 is 39.9. The fraction of sp³-hybridized carbons (Fsp3) is 0.125. The quantitative estimate of drug-likeness (QED) is 0.663. The molecule has 0 aliphatic heterocycles. The van der Waals surface area contributed by atoms with Crippen molar-refractivity contribution in [3.63, 3.8) is 0 Å². The lowest BCUT2D eigenvalue weighted by molar-refractivity contribution is -0.274. The van der Waals surface area contributed by atoms with Gasteiger partial charge in [0.25, 0.3) is 5.91 Å². The van der Waals surface area contributed by atoms with Crippen molar-refractivity contribution in [1.29, 1.82) is 0 Å². The molecule has 2 aromatic carbocycles. The van der Waals surface area contributed by atoms with E-state index in [4.69, 9.17) is 0 Å². The molecule has 0 aliphatic carbocycles. The SMILES string of the molecule is Cc1ccc(O)c(/C=N/NC(=O)c2ccc(OC(F)(F)F)cc2)c1. The number of alkyl halides is 3. The van der Waals surface area contributed by atoms with Crippen LogP contribution in [0.15, 0.2) is 47.6 Å². The summed E-state index contributed by atoms with van der Waals surface area (Å²) >= 11 is 0. The largest absolute Gasteiger partial charge is 0.573 e. The van der Waals surface area contributed by atoms with Gasteiger partial charge in [0.2, 0.25) is 0 Å². The van der Waals surface area contributed by atoms with Gasteiger partial charge in [-0.25, -0.2) is 5.43 Å². The number of halogens is 3. The Morgan fingerprint density at radius 2 is 1.88 bits per heavy atom. The van der Waals surface area contributed by atoms with Gasteiger partial charge in [0.15, 0.2) is 0 Å². The van der Waals surface area contributed by atoms with Crippen molar-refractivity contribution in [1.82, 2.24) is 5.43 Å². The van der Waals surface area contributed by atoms with E-state index in [2.05, 4.69) is 15.3 Å². The van der Waals surface area contributed by atoms with Gasteiger partial charge in [0.05, 0.1) is 6.21 Å². The number of aryl methyl sites for hydroxylation is 1. The number of hydrazone groups is 1. The van der Waals surface area contributed by atoms with Gasteiger partial charge >= 0.3 is 6.36 Å². The molecule has 0 atom stereocenters. The van der Waals surface area contributed by atoms with E-state index in [0.717, 1.165) is 17.7 Å². The Kier molecular flexibility index (Phi) is 5.08. The number of aromatic hydroxyl groups is 1. The molecule has 1 amide bonds. The van der Waals surface area contributed by atoms with Crippen LogP contribution in [0.2, 0.25) is 0 Å². The monoisotopic (exact) mass is 338 g/mol. The van der Waals surface area contributed by atoms with Crippen LogP contribution in [0, 0.1) is 6.92 Å². The van der Waals surface area contributed by atoms with E-state index >= 15 is 0 Å². The van der Waals surface area contributed by atoms with Crippen molar-refractivity contribution in [3.05, 3.63) is 59.2 Å². The number of amides is 1. The third-order valence-corrected chi connectivity index (χ3v) is 2.90. The standard InChI is InChI=1S/C16H13F3N2O3/c1-10-2-7-14(22)12(8-10)9-20-21-15(23)11-3-5-13(6-4-11)24-16(17,18)19/h2-9,22H,1H3,(H,21,23)/b20-9+. The predicted molar refractivity (Wildman–Crippen MR) is 81.0 cm³/mol. The Balaban J connectivity index is 1.99. The second kappa shape index (κ2) is 7.03. The number of phenols is 1. The van der Waals surface area contributed by atoms with Gasteiger partial charge < -0.3 is 9.84 Å². The molecule has 2 rings (SSSR count). The highest BCUT2D eigenvalue weighted by atomic mass is 19.4. The zero-order chi connectivity index (χ0) is 17.7. The average Bonchev–Trinajstić information content (AvgIpc) is 2.49. The second-order valence-corrected chi connectivity index (χ2v) is 4.83. The fourth-order valence-corrected chi connectivity index (χ4v) is 1.81. The van der Waals surface area contributed by atoms with E-state index in [9.17, 15) is 23.1 Å². The van der Waals surface area contributed by atoms with Crippen LogP contribution < -0.4 is 10.2 Å². The van der Waals surface area contributed by atoms with Crippen LogP contribution in [0.3, 0.4) is 0 Å². The lowest BCUT2D eigenvalue weighted by Gasteiger charge is -2.08. The maximum Gasteiger partial charge on any atom is 0.573 e. The molecule has 24 heavy (non-hydrogen) atoms. The molecule has 0 aromatic heterocycles. The first-order valence-electron chi connectivity index (χ1n) is 6.73. The molecule has 0 radical (unpaired) electrons. The Morgan fingerprint density at radius 3 is 2.50 bits per heavy atom. The second-order valence-electron chi connectivity index (χ2n) is 4.83. The van der Waals surface area contributed by atoms with Crippen LogP contribution in [0.4, 0.5) is 13.2 Å². The molecule has 0 unspecified atom stereocenters. The number of hydrogen-bond donors (Lipinski definition) is 2. The number of ether oxygens (including phenoxy) is 1. The van der Waals surface area contributed by atoms with Crippen LogP contribution in [-0.4, -0.2) is 23.6 Å². The van der Waals surface area contributed by atoms with Gasteiger partial charge in [-0.15, -0.1) is 13.2 Å². The molecule has 0 bridgehead atoms. The van der Waals surface area contributed by atoms with Crippen LogP contribution in [0.5, 0.6) is 11.5 Å². The summed E-state index contributed by atoms with van der Waals surface area (Å²) in [6.07, 6.45) is -3.52. The molecule has 5 nitrogen and oxygen atoms in total. The van der Waals surface area contributed by atoms with Crippen LogP contribution >= 0.6 is 0 Å². The number of nitrogens with zero attached hydrogens (tertiary/aromatic N) is 1. The Bertz CT molecular complexity index is 756. The van der Waals surface area contributed by atoms with Crippen molar-refractivity contribution in [2.45, 2.75) is 13.3 Å². The number of carbonyl (C=O) groups excluding carboxylic acids is 1. The molecule has 8 heteroatoms. The first-order valence-corrected chi connectivity index (χ1v) is 6.73. The van der Waals surface area contributed by atoms with E-state index < -0.39 is 18.0 Å². The minimum Gasteiger partial charge on any atom is -0.507 e. The third-order valence-electron chi connectivity index (χ3n) is 2.90. The zero-order valence-corrected chi connectivity index (χ0v) is 12.5. The van der Waals surface area contributed by atoms with E-state index in [1.807, 2.05) is 6.92 Å². The maximum atomic E-state index is 12.0. The summed E-state index contributed by atoms with van der Waals surface area (Å²) in [4.78, 5) is 11.8. The fourth-order valence-electron chi connectivity index (χ4n) is 1.81. The highest BCUT2D eigenvalue weighted by Crippen LogP contribution is 2.22. The van der Waals surface area contributed by atoms with E-state index in [-0.39, 0.29) is 11.3 Å². The van der Waals surface area contributed by atoms with Crippen molar-refractivity contribution in [2.75, 3.05) is 0 Å².